The van der Waals surface area contributed by atoms with Crippen LogP contribution in [0.25, 0.3) is 0 Å². The topological polar surface area (TPSA) is 115 Å². The van der Waals surface area contributed by atoms with Crippen molar-refractivity contribution in [3.63, 3.8) is 0 Å². The highest BCUT2D eigenvalue weighted by molar-refractivity contribution is 8.14. The number of halogens is 2. The van der Waals surface area contributed by atoms with Crippen LogP contribution in [0.3, 0.4) is 0 Å². The lowest BCUT2D eigenvalue weighted by Gasteiger charge is -2.36. The number of thioether (sulfide) groups is 1. The molecule has 0 aromatic heterocycles. The quantitative estimate of drug-likeness (QED) is 0.387. The molecule has 0 aliphatic carbocycles. The van der Waals surface area contributed by atoms with Gasteiger partial charge in [0.2, 0.25) is 5.91 Å². The van der Waals surface area contributed by atoms with Gasteiger partial charge in [0.25, 0.3) is 0 Å². The third kappa shape index (κ3) is 6.84. The smallest absolute Gasteiger partial charge is 0.414 e. The minimum absolute atomic E-state index is 0.00438. The predicted molar refractivity (Wildman–Crippen MR) is 128 cm³/mol. The monoisotopic (exact) mass is 511 g/mol. The van der Waals surface area contributed by atoms with E-state index in [0.717, 1.165) is 34.3 Å². The summed E-state index contributed by atoms with van der Waals surface area (Å²) in [6, 6.07) is 2.15. The molecule has 2 heterocycles. The molecule has 0 bridgehead atoms. The summed E-state index contributed by atoms with van der Waals surface area (Å²) >= 11 is 1.16. The molecule has 2 aliphatic heterocycles. The van der Waals surface area contributed by atoms with Crippen LogP contribution in [-0.2, 0) is 14.3 Å². The number of carbonyl (C=O) groups excluding carboxylic acids is 3. The van der Waals surface area contributed by atoms with Crippen LogP contribution in [0, 0.1) is 17.0 Å². The Kier molecular flexibility index (Phi) is 9.29. The van der Waals surface area contributed by atoms with Crippen molar-refractivity contribution >= 4 is 46.8 Å². The molecule has 35 heavy (non-hydrogen) atoms. The number of ether oxygens (including phenoxy) is 2. The molecular formula is C22H27F2N5O5S. The average Bonchev–Trinajstić information content (AvgIpc) is 3.21. The first-order valence-corrected chi connectivity index (χ1v) is 12.0. The van der Waals surface area contributed by atoms with Crippen molar-refractivity contribution in [1.29, 1.82) is 5.41 Å². The van der Waals surface area contributed by atoms with E-state index in [1.165, 1.54) is 4.90 Å². The molecule has 3 amide bonds. The molecule has 1 aromatic rings. The summed E-state index contributed by atoms with van der Waals surface area (Å²) in [7, 11) is 0. The molecule has 10 nitrogen and oxygen atoms in total. The summed E-state index contributed by atoms with van der Waals surface area (Å²) in [5.41, 5.74) is 0.953. The van der Waals surface area contributed by atoms with E-state index in [9.17, 15) is 23.2 Å². The second-order valence-corrected chi connectivity index (χ2v) is 8.45. The van der Waals surface area contributed by atoms with E-state index in [2.05, 4.69) is 5.32 Å². The lowest BCUT2D eigenvalue weighted by molar-refractivity contribution is -0.130. The van der Waals surface area contributed by atoms with Crippen molar-refractivity contribution in [3.8, 4) is 0 Å². The lowest BCUT2D eigenvalue weighted by Crippen LogP contribution is -2.49. The average molecular weight is 512 g/mol. The van der Waals surface area contributed by atoms with E-state index < -0.39 is 29.9 Å². The molecule has 2 N–H and O–H groups in total. The standard InChI is InChI=1S/C22H27F2N5O5S/c1-2-33-21(31)26-12-16-13-29(22(32)34-16)15-10-17(23)20(18(24)11-15)28-7-5-27(6-8-28)19(30)4-3-9-35-14-25/h3,9-11,14,16,25H,2,4-8,12-13H2,1H3,(H,26,31)/b9-3+,25-14?. The number of cyclic esters (lactones) is 1. The number of nitrogens with zero attached hydrogens (tertiary/aromatic N) is 3. The van der Waals surface area contributed by atoms with Crippen molar-refractivity contribution in [2.24, 2.45) is 0 Å². The zero-order valence-electron chi connectivity index (χ0n) is 19.2. The highest BCUT2D eigenvalue weighted by Crippen LogP contribution is 2.31. The Hall–Kier alpha value is -3.35. The van der Waals surface area contributed by atoms with Gasteiger partial charge in [-0.25, -0.2) is 18.4 Å². The molecule has 1 atom stereocenters. The van der Waals surface area contributed by atoms with E-state index >= 15 is 0 Å². The van der Waals surface area contributed by atoms with Crippen LogP contribution in [0.5, 0.6) is 0 Å². The fourth-order valence-corrected chi connectivity index (χ4v) is 4.07. The van der Waals surface area contributed by atoms with E-state index in [1.54, 1.807) is 23.3 Å². The molecule has 2 fully saturated rings. The molecule has 0 spiro atoms. The fraction of sp³-hybridized carbons (Fsp3) is 0.455. The maximum atomic E-state index is 15.0. The second-order valence-electron chi connectivity index (χ2n) is 7.67. The summed E-state index contributed by atoms with van der Waals surface area (Å²) in [4.78, 5) is 40.2. The molecule has 2 saturated heterocycles. The van der Waals surface area contributed by atoms with Gasteiger partial charge in [0.1, 0.15) is 11.8 Å². The number of amides is 3. The Morgan fingerprint density at radius 3 is 2.57 bits per heavy atom. The predicted octanol–water partition coefficient (Wildman–Crippen LogP) is 2.93. The van der Waals surface area contributed by atoms with Crippen LogP contribution in [0.2, 0.25) is 0 Å². The molecule has 2 aliphatic rings. The van der Waals surface area contributed by atoms with E-state index in [0.29, 0.717) is 13.1 Å². The summed E-state index contributed by atoms with van der Waals surface area (Å²) in [6.07, 6.45) is -0.248. The molecular weight excluding hydrogens is 484 g/mol. The van der Waals surface area contributed by atoms with Crippen molar-refractivity contribution in [2.75, 3.05) is 55.7 Å². The number of rotatable bonds is 9. The van der Waals surface area contributed by atoms with Gasteiger partial charge in [0.05, 0.1) is 30.9 Å². The third-order valence-corrected chi connectivity index (χ3v) is 5.91. The van der Waals surface area contributed by atoms with Crippen LogP contribution in [0.4, 0.5) is 29.7 Å². The van der Waals surface area contributed by atoms with E-state index in [1.807, 2.05) is 0 Å². The number of anilines is 2. The maximum absolute atomic E-state index is 15.0. The van der Waals surface area contributed by atoms with Gasteiger partial charge in [-0.2, -0.15) is 0 Å². The highest BCUT2D eigenvalue weighted by atomic mass is 32.2. The Balaban J connectivity index is 1.59. The highest BCUT2D eigenvalue weighted by Gasteiger charge is 2.34. The van der Waals surface area contributed by atoms with Gasteiger partial charge in [-0.3, -0.25) is 9.69 Å². The van der Waals surface area contributed by atoms with Gasteiger partial charge in [0, 0.05) is 44.7 Å². The number of piperazine rings is 1. The first-order valence-electron chi connectivity index (χ1n) is 11.0. The number of benzene rings is 1. The Bertz CT molecular complexity index is 964. The van der Waals surface area contributed by atoms with E-state index in [-0.39, 0.29) is 56.5 Å². The molecule has 0 saturated carbocycles. The first-order chi connectivity index (χ1) is 16.8. The lowest BCUT2D eigenvalue weighted by atomic mass is 10.2. The molecule has 1 aromatic carbocycles. The first kappa shape index (κ1) is 26.3. The van der Waals surface area contributed by atoms with E-state index in [4.69, 9.17) is 14.9 Å². The zero-order chi connectivity index (χ0) is 25.4. The largest absolute Gasteiger partial charge is 0.450 e. The van der Waals surface area contributed by atoms with Crippen molar-refractivity contribution in [1.82, 2.24) is 10.2 Å². The summed E-state index contributed by atoms with van der Waals surface area (Å²) in [5, 5.41) is 11.0. The number of hydrogen-bond donors (Lipinski definition) is 2. The van der Waals surface area contributed by atoms with Gasteiger partial charge in [-0.15, -0.1) is 0 Å². The van der Waals surface area contributed by atoms with Gasteiger partial charge in [0.15, 0.2) is 11.6 Å². The second kappa shape index (κ2) is 12.4. The SMILES string of the molecule is CCOC(=O)NCC1CN(c2cc(F)c(N3CCN(C(=O)C/C=C/SC=N)CC3)c(F)c2)C(=O)O1. The zero-order valence-corrected chi connectivity index (χ0v) is 20.0. The number of nitrogens with one attached hydrogen (secondary N) is 2. The van der Waals surface area contributed by atoms with Crippen LogP contribution in [0.15, 0.2) is 23.6 Å². The van der Waals surface area contributed by atoms with Gasteiger partial charge in [-0.05, 0) is 12.3 Å². The Labute approximate surface area is 205 Å². The third-order valence-electron chi connectivity index (χ3n) is 5.42. The normalized spacial score (nSPS) is 18.1. The summed E-state index contributed by atoms with van der Waals surface area (Å²) < 4.78 is 39.8. The van der Waals surface area contributed by atoms with Gasteiger partial charge in [-0.1, -0.05) is 17.8 Å². The van der Waals surface area contributed by atoms with Gasteiger partial charge >= 0.3 is 12.2 Å². The van der Waals surface area contributed by atoms with Crippen LogP contribution in [0.1, 0.15) is 13.3 Å². The molecule has 3 rings (SSSR count). The summed E-state index contributed by atoms with van der Waals surface area (Å²) in [6.45, 7) is 3.01. The fourth-order valence-electron chi connectivity index (χ4n) is 3.78. The Morgan fingerprint density at radius 1 is 1.26 bits per heavy atom. The molecule has 1 unspecified atom stereocenters. The summed E-state index contributed by atoms with van der Waals surface area (Å²) in [5.74, 6) is -1.75. The molecule has 13 heteroatoms. The minimum atomic E-state index is -0.827. The van der Waals surface area contributed by atoms with Crippen LogP contribution >= 0.6 is 11.8 Å². The number of alkyl carbamates (subject to hydrolysis) is 1. The van der Waals surface area contributed by atoms with Crippen LogP contribution < -0.4 is 15.1 Å². The maximum Gasteiger partial charge on any atom is 0.414 e. The van der Waals surface area contributed by atoms with Crippen molar-refractivity contribution in [3.05, 3.63) is 35.3 Å². The molecule has 190 valence electrons. The van der Waals surface area contributed by atoms with Crippen LogP contribution in [-0.4, -0.2) is 80.5 Å². The number of hydrogen-bond acceptors (Lipinski definition) is 8. The molecule has 0 radical (unpaired) electrons. The number of carbonyl (C=O) groups is 3. The van der Waals surface area contributed by atoms with Crippen molar-refractivity contribution in [2.45, 2.75) is 19.4 Å². The van der Waals surface area contributed by atoms with Crippen molar-refractivity contribution < 1.29 is 32.6 Å². The van der Waals surface area contributed by atoms with Gasteiger partial charge < -0.3 is 30.0 Å². The Morgan fingerprint density at radius 2 is 1.94 bits per heavy atom. The minimum Gasteiger partial charge on any atom is -0.450 e.